The molecule has 12 heteroatoms. The number of halogens is 2. The number of likely N-dealkylation sites (tertiary alicyclic amines) is 1. The van der Waals surface area contributed by atoms with Gasteiger partial charge in [0.05, 0.1) is 17.8 Å². The molecule has 0 spiro atoms. The molecule has 204 valence electrons. The summed E-state index contributed by atoms with van der Waals surface area (Å²) in [5.41, 5.74) is 2.88. The number of anilines is 1. The van der Waals surface area contributed by atoms with Gasteiger partial charge in [0, 0.05) is 49.1 Å². The molecule has 1 aromatic carbocycles. The van der Waals surface area contributed by atoms with Crippen molar-refractivity contribution in [3.8, 4) is 0 Å². The zero-order valence-corrected chi connectivity index (χ0v) is 21.7. The number of aromatic nitrogens is 5. The van der Waals surface area contributed by atoms with Crippen LogP contribution in [-0.4, -0.2) is 61.0 Å². The Hall–Kier alpha value is -4.22. The minimum Gasteiger partial charge on any atom is -0.351 e. The molecule has 0 saturated carbocycles. The van der Waals surface area contributed by atoms with E-state index in [4.69, 9.17) is 4.84 Å². The summed E-state index contributed by atoms with van der Waals surface area (Å²) in [4.78, 5) is 41.2. The number of benzene rings is 1. The number of carbonyl (C=O) groups excluding carboxylic acids is 2. The fourth-order valence-corrected chi connectivity index (χ4v) is 4.74. The molecule has 3 heterocycles. The summed E-state index contributed by atoms with van der Waals surface area (Å²) in [7, 11) is 0. The van der Waals surface area contributed by atoms with Crippen LogP contribution in [0.3, 0.4) is 0 Å². The van der Waals surface area contributed by atoms with Crippen LogP contribution in [-0.2, 0) is 22.4 Å². The highest BCUT2D eigenvalue weighted by Crippen LogP contribution is 2.27. The van der Waals surface area contributed by atoms with Crippen LogP contribution in [0.4, 0.5) is 14.7 Å². The van der Waals surface area contributed by atoms with E-state index < -0.39 is 11.6 Å². The molecule has 0 radical (unpaired) electrons. The predicted octanol–water partition coefficient (Wildman–Crippen LogP) is 2.96. The average Bonchev–Trinajstić information content (AvgIpc) is 3.49. The zero-order chi connectivity index (χ0) is 27.5. The molecule has 2 aliphatic rings. The molecule has 1 N–H and O–H groups in total. The maximum Gasteiger partial charge on any atom is 0.337 e. The van der Waals surface area contributed by atoms with Crippen molar-refractivity contribution in [2.45, 2.75) is 51.5 Å². The number of carbonyl (C=O) groups is 2. The van der Waals surface area contributed by atoms with Gasteiger partial charge in [0.1, 0.15) is 0 Å². The fourth-order valence-electron chi connectivity index (χ4n) is 4.74. The highest BCUT2D eigenvalue weighted by Gasteiger charge is 2.33. The third kappa shape index (κ3) is 6.10. The van der Waals surface area contributed by atoms with E-state index in [2.05, 4.69) is 25.6 Å². The Morgan fingerprint density at radius 1 is 1.15 bits per heavy atom. The van der Waals surface area contributed by atoms with E-state index in [1.165, 1.54) is 18.2 Å². The number of amides is 1. The molecule has 1 unspecified atom stereocenters. The first-order valence-electron chi connectivity index (χ1n) is 13.0. The lowest BCUT2D eigenvalue weighted by atomic mass is 9.97. The lowest BCUT2D eigenvalue weighted by Crippen LogP contribution is -2.47. The molecular weight excluding hydrogens is 508 g/mol. The molecule has 5 rings (SSSR count). The van der Waals surface area contributed by atoms with Crippen molar-refractivity contribution in [2.24, 2.45) is 5.92 Å². The van der Waals surface area contributed by atoms with Crippen molar-refractivity contribution in [3.63, 3.8) is 0 Å². The number of fused-ring (bicyclic) bond motifs is 1. The molecule has 1 fully saturated rings. The third-order valence-electron chi connectivity index (χ3n) is 7.01. The monoisotopic (exact) mass is 537 g/mol. The second kappa shape index (κ2) is 11.3. The van der Waals surface area contributed by atoms with E-state index >= 15 is 0 Å². The summed E-state index contributed by atoms with van der Waals surface area (Å²) in [6.45, 7) is 4.79. The van der Waals surface area contributed by atoms with Gasteiger partial charge in [-0.15, -0.1) is 5.10 Å². The van der Waals surface area contributed by atoms with Crippen molar-refractivity contribution < 1.29 is 23.2 Å². The molecule has 10 nitrogen and oxygen atoms in total. The Labute approximate surface area is 224 Å². The summed E-state index contributed by atoms with van der Waals surface area (Å²) >= 11 is 0. The van der Waals surface area contributed by atoms with Gasteiger partial charge in [0.15, 0.2) is 11.6 Å². The number of nitrogens with one attached hydrogen (secondary N) is 1. The van der Waals surface area contributed by atoms with Gasteiger partial charge in [-0.05, 0) is 53.8 Å². The van der Waals surface area contributed by atoms with Crippen LogP contribution in [0.15, 0.2) is 36.8 Å². The van der Waals surface area contributed by atoms with Gasteiger partial charge in [0.25, 0.3) is 0 Å². The number of hydrogen-bond acceptors (Lipinski definition) is 8. The van der Waals surface area contributed by atoms with Gasteiger partial charge in [-0.2, -0.15) is 0 Å². The van der Waals surface area contributed by atoms with Gasteiger partial charge in [-0.1, -0.05) is 25.1 Å². The number of hydrogen-bond donors (Lipinski definition) is 1. The van der Waals surface area contributed by atoms with Gasteiger partial charge in [-0.25, -0.2) is 23.5 Å². The zero-order valence-electron chi connectivity index (χ0n) is 21.7. The highest BCUT2D eigenvalue weighted by molar-refractivity contribution is 5.92. The Bertz CT molecular complexity index is 1360. The van der Waals surface area contributed by atoms with Crippen LogP contribution >= 0.6 is 0 Å². The molecule has 1 amide bonds. The Kier molecular flexibility index (Phi) is 7.62. The van der Waals surface area contributed by atoms with Crippen molar-refractivity contribution in [2.75, 3.05) is 18.4 Å². The maximum atomic E-state index is 13.5. The standard InChI is InChI=1S/C27H29F2N7O3/c1-3-4-16(2)26(38)39-36-15-24(33-34-36)20-13-35(14-20)25(37)6-5-17-11-30-27(31-12-17)32-21-7-18-9-22(28)23(29)10-19(18)8-21/h5-6,9-12,15-16,20-21H,3-4,7-8,13-14H2,1-2H3,(H,30,31,32)/b6-5+. The van der Waals surface area contributed by atoms with E-state index in [9.17, 15) is 18.4 Å². The average molecular weight is 538 g/mol. The summed E-state index contributed by atoms with van der Waals surface area (Å²) in [5.74, 6) is -1.97. The van der Waals surface area contributed by atoms with Crippen LogP contribution in [0, 0.1) is 17.6 Å². The van der Waals surface area contributed by atoms with Gasteiger partial charge >= 0.3 is 5.97 Å². The van der Waals surface area contributed by atoms with E-state index in [-0.39, 0.29) is 29.8 Å². The van der Waals surface area contributed by atoms with Crippen LogP contribution in [0.25, 0.3) is 6.08 Å². The molecular formula is C27H29F2N7O3. The first-order chi connectivity index (χ1) is 18.8. The topological polar surface area (TPSA) is 115 Å². The molecule has 3 aromatic rings. The molecule has 1 aliphatic carbocycles. The second-order valence-corrected chi connectivity index (χ2v) is 10.0. The summed E-state index contributed by atoms with van der Waals surface area (Å²) in [6, 6.07) is 2.44. The highest BCUT2D eigenvalue weighted by atomic mass is 19.2. The number of rotatable bonds is 9. The van der Waals surface area contributed by atoms with E-state index in [1.807, 2.05) is 13.8 Å². The first-order valence-corrected chi connectivity index (χ1v) is 13.0. The molecule has 39 heavy (non-hydrogen) atoms. The SMILES string of the molecule is CCCC(C)C(=O)On1cc(C2CN(C(=O)/C=C/c3cnc(NC4Cc5cc(F)c(F)cc5C4)nc3)C2)nn1. The predicted molar refractivity (Wildman–Crippen MR) is 137 cm³/mol. The van der Waals surface area contributed by atoms with Gasteiger partial charge in [-0.3, -0.25) is 4.79 Å². The summed E-state index contributed by atoms with van der Waals surface area (Å²) < 4.78 is 27.0. The van der Waals surface area contributed by atoms with Crippen molar-refractivity contribution >= 4 is 23.9 Å². The van der Waals surface area contributed by atoms with E-state index in [0.29, 0.717) is 43.1 Å². The minimum atomic E-state index is -0.840. The lowest BCUT2D eigenvalue weighted by Gasteiger charge is -2.37. The van der Waals surface area contributed by atoms with Crippen LogP contribution in [0.5, 0.6) is 0 Å². The molecule has 1 aliphatic heterocycles. The lowest BCUT2D eigenvalue weighted by molar-refractivity contribution is -0.150. The Morgan fingerprint density at radius 3 is 2.46 bits per heavy atom. The van der Waals surface area contributed by atoms with E-state index in [0.717, 1.165) is 28.8 Å². The van der Waals surface area contributed by atoms with Crippen LogP contribution < -0.4 is 10.2 Å². The molecule has 2 aromatic heterocycles. The fraction of sp³-hybridized carbons (Fsp3) is 0.407. The van der Waals surface area contributed by atoms with E-state index in [1.54, 1.807) is 29.6 Å². The third-order valence-corrected chi connectivity index (χ3v) is 7.01. The largest absolute Gasteiger partial charge is 0.351 e. The smallest absolute Gasteiger partial charge is 0.337 e. The normalized spacial score (nSPS) is 16.3. The summed E-state index contributed by atoms with van der Waals surface area (Å²) in [5, 5.41) is 11.1. The Balaban J connectivity index is 1.07. The molecule has 1 atom stereocenters. The minimum absolute atomic E-state index is 0.0197. The quantitative estimate of drug-likeness (QED) is 0.327. The van der Waals surface area contributed by atoms with Crippen molar-refractivity contribution in [1.82, 2.24) is 30.0 Å². The van der Waals surface area contributed by atoms with Crippen molar-refractivity contribution in [3.05, 3.63) is 70.8 Å². The maximum absolute atomic E-state index is 13.5. The summed E-state index contributed by atoms with van der Waals surface area (Å²) in [6.07, 6.45) is 10.6. The Morgan fingerprint density at radius 2 is 1.82 bits per heavy atom. The van der Waals surface area contributed by atoms with Crippen molar-refractivity contribution in [1.29, 1.82) is 0 Å². The van der Waals surface area contributed by atoms with Gasteiger partial charge < -0.3 is 15.1 Å². The molecule has 1 saturated heterocycles. The first kappa shape index (κ1) is 26.4. The van der Waals surface area contributed by atoms with Crippen LogP contribution in [0.1, 0.15) is 55.0 Å². The van der Waals surface area contributed by atoms with Crippen LogP contribution in [0.2, 0.25) is 0 Å². The molecule has 0 bridgehead atoms. The number of nitrogens with zero attached hydrogens (tertiary/aromatic N) is 6. The second-order valence-electron chi connectivity index (χ2n) is 10.0. The van der Waals surface area contributed by atoms with Gasteiger partial charge in [0.2, 0.25) is 11.9 Å².